The molecule has 7 nitrogen and oxygen atoms in total. The Morgan fingerprint density at radius 1 is 1.12 bits per heavy atom. The van der Waals surface area contributed by atoms with Crippen LogP contribution in [-0.4, -0.2) is 20.4 Å². The minimum absolute atomic E-state index is 0.0787. The van der Waals surface area contributed by atoms with Crippen LogP contribution in [0.5, 0.6) is 0 Å². The van der Waals surface area contributed by atoms with E-state index >= 15 is 0 Å². The van der Waals surface area contributed by atoms with Crippen molar-refractivity contribution in [3.63, 3.8) is 0 Å². The van der Waals surface area contributed by atoms with Crippen LogP contribution in [-0.2, 0) is 17.1 Å². The van der Waals surface area contributed by atoms with Crippen molar-refractivity contribution in [2.45, 2.75) is 43.1 Å². The predicted molar refractivity (Wildman–Crippen MR) is 130 cm³/mol. The van der Waals surface area contributed by atoms with E-state index in [9.17, 15) is 9.59 Å². The van der Waals surface area contributed by atoms with Gasteiger partial charge in [0.1, 0.15) is 0 Å². The van der Waals surface area contributed by atoms with Gasteiger partial charge in [-0.05, 0) is 37.1 Å². The number of carbonyl (C=O) groups excluding carboxylic acids is 1. The Labute approximate surface area is 200 Å². The maximum Gasteiger partial charge on any atom is 0.262 e. The van der Waals surface area contributed by atoms with Crippen molar-refractivity contribution >= 4 is 40.2 Å². The highest BCUT2D eigenvalue weighted by Gasteiger charge is 2.14. The van der Waals surface area contributed by atoms with Gasteiger partial charge in [0.15, 0.2) is 10.9 Å². The number of aromatic nitrogens is 3. The number of benzene rings is 2. The molecule has 4 rings (SSSR count). The molecular formula is C24H23ClN4O3S. The van der Waals surface area contributed by atoms with Gasteiger partial charge in [0.25, 0.3) is 5.56 Å². The molecule has 4 aromatic rings. The molecule has 0 saturated heterocycles. The third-order valence-corrected chi connectivity index (χ3v) is 6.32. The van der Waals surface area contributed by atoms with Crippen LogP contribution in [0.4, 0.5) is 0 Å². The van der Waals surface area contributed by atoms with Crippen molar-refractivity contribution < 1.29 is 9.21 Å². The molecule has 0 unspecified atom stereocenters. The first-order chi connectivity index (χ1) is 16.0. The summed E-state index contributed by atoms with van der Waals surface area (Å²) in [6.07, 6.45) is 4.27. The van der Waals surface area contributed by atoms with Crippen LogP contribution in [0.15, 0.2) is 69.1 Å². The van der Waals surface area contributed by atoms with Gasteiger partial charge in [0.2, 0.25) is 11.8 Å². The zero-order valence-corrected chi connectivity index (χ0v) is 19.4. The summed E-state index contributed by atoms with van der Waals surface area (Å²) in [4.78, 5) is 33.2. The van der Waals surface area contributed by atoms with Crippen molar-refractivity contribution in [1.82, 2.24) is 14.5 Å². The summed E-state index contributed by atoms with van der Waals surface area (Å²) in [6.45, 7) is 0.511. The largest absolute Gasteiger partial charge is 0.440 e. The first kappa shape index (κ1) is 23.1. The normalized spacial score (nSPS) is 11.2. The molecule has 0 aliphatic carbocycles. The van der Waals surface area contributed by atoms with E-state index in [-0.39, 0.29) is 11.5 Å². The highest BCUT2D eigenvalue weighted by atomic mass is 35.5. The molecule has 170 valence electrons. The van der Waals surface area contributed by atoms with Gasteiger partial charge in [0, 0.05) is 23.6 Å². The Morgan fingerprint density at radius 2 is 1.97 bits per heavy atom. The second-order valence-corrected chi connectivity index (χ2v) is 8.94. The molecule has 2 aromatic heterocycles. The fourth-order valence-electron chi connectivity index (χ4n) is 3.48. The Kier molecular flexibility index (Phi) is 7.47. The minimum Gasteiger partial charge on any atom is -0.440 e. The fourth-order valence-corrected chi connectivity index (χ4v) is 4.55. The second kappa shape index (κ2) is 10.7. The average molecular weight is 483 g/mol. The summed E-state index contributed by atoms with van der Waals surface area (Å²) in [5.74, 6) is 1.28. The number of nitrogens with zero attached hydrogens (tertiary/aromatic N) is 3. The minimum atomic E-state index is -0.307. The number of hydrogen-bond acceptors (Lipinski definition) is 6. The standard InChI is InChI=1S/C24H23ClN4O3S/c25-17-8-6-7-16(13-17)20-14-27-22(32-20)15-33-24-28-19-10-4-3-9-18(19)23(31)29(24)12-5-1-2-11-21(26)30/h3-4,6-10,13-14H,1-2,5,11-12,15H2,(H2,26,30). The molecule has 0 fully saturated rings. The van der Waals surface area contributed by atoms with Gasteiger partial charge in [-0.3, -0.25) is 14.2 Å². The lowest BCUT2D eigenvalue weighted by atomic mass is 10.2. The topological polar surface area (TPSA) is 104 Å². The van der Waals surface area contributed by atoms with Crippen LogP contribution in [0, 0.1) is 0 Å². The number of primary amides is 1. The van der Waals surface area contributed by atoms with Crippen molar-refractivity contribution in [3.8, 4) is 11.3 Å². The van der Waals surface area contributed by atoms with E-state index in [2.05, 4.69) is 4.98 Å². The monoisotopic (exact) mass is 482 g/mol. The maximum atomic E-state index is 13.1. The Balaban J connectivity index is 1.52. The van der Waals surface area contributed by atoms with Crippen molar-refractivity contribution in [3.05, 3.63) is 76.0 Å². The van der Waals surface area contributed by atoms with Gasteiger partial charge >= 0.3 is 0 Å². The SMILES string of the molecule is NC(=O)CCCCCn1c(SCc2ncc(-c3cccc(Cl)c3)o2)nc2ccccc2c1=O. The number of para-hydroxylation sites is 1. The zero-order chi connectivity index (χ0) is 23.2. The number of fused-ring (bicyclic) bond motifs is 1. The molecule has 0 bridgehead atoms. The molecule has 0 spiro atoms. The Bertz CT molecular complexity index is 1330. The highest BCUT2D eigenvalue weighted by Crippen LogP contribution is 2.27. The number of halogens is 1. The molecule has 2 N–H and O–H groups in total. The van der Waals surface area contributed by atoms with Crippen LogP contribution < -0.4 is 11.3 Å². The van der Waals surface area contributed by atoms with E-state index in [4.69, 9.17) is 26.7 Å². The van der Waals surface area contributed by atoms with Crippen LogP contribution in [0.25, 0.3) is 22.2 Å². The molecule has 0 atom stereocenters. The average Bonchev–Trinajstić information content (AvgIpc) is 3.28. The van der Waals surface area contributed by atoms with Crippen LogP contribution in [0.1, 0.15) is 31.6 Å². The number of oxazole rings is 1. The Morgan fingerprint density at radius 3 is 2.79 bits per heavy atom. The number of rotatable bonds is 10. The molecule has 0 aliphatic rings. The molecule has 0 saturated carbocycles. The molecule has 2 heterocycles. The fraction of sp³-hybridized carbons (Fsp3) is 0.250. The smallest absolute Gasteiger partial charge is 0.262 e. The number of amides is 1. The number of thioether (sulfide) groups is 1. The maximum absolute atomic E-state index is 13.1. The van der Waals surface area contributed by atoms with E-state index in [1.165, 1.54) is 11.8 Å². The first-order valence-electron chi connectivity index (χ1n) is 10.6. The third kappa shape index (κ3) is 5.83. The first-order valence-corrected chi connectivity index (χ1v) is 12.0. The summed E-state index contributed by atoms with van der Waals surface area (Å²) in [5.41, 5.74) is 6.63. The summed E-state index contributed by atoms with van der Waals surface area (Å²) in [5, 5.41) is 1.81. The predicted octanol–water partition coefficient (Wildman–Crippen LogP) is 5.04. The summed E-state index contributed by atoms with van der Waals surface area (Å²) >= 11 is 7.47. The van der Waals surface area contributed by atoms with E-state index in [1.807, 2.05) is 36.4 Å². The van der Waals surface area contributed by atoms with Gasteiger partial charge in [-0.25, -0.2) is 9.97 Å². The van der Waals surface area contributed by atoms with Crippen molar-refractivity contribution in [2.24, 2.45) is 5.73 Å². The lowest BCUT2D eigenvalue weighted by Gasteiger charge is -2.12. The van der Waals surface area contributed by atoms with E-state index in [0.29, 0.717) is 57.9 Å². The Hall–Kier alpha value is -3.10. The molecule has 33 heavy (non-hydrogen) atoms. The van der Waals surface area contributed by atoms with E-state index < -0.39 is 0 Å². The molecular weight excluding hydrogens is 460 g/mol. The van der Waals surface area contributed by atoms with Crippen LogP contribution in [0.3, 0.4) is 0 Å². The van der Waals surface area contributed by atoms with Crippen LogP contribution in [0.2, 0.25) is 5.02 Å². The highest BCUT2D eigenvalue weighted by molar-refractivity contribution is 7.98. The summed E-state index contributed by atoms with van der Waals surface area (Å²) in [6, 6.07) is 14.7. The number of unbranched alkanes of at least 4 members (excludes halogenated alkanes) is 2. The van der Waals surface area contributed by atoms with Gasteiger partial charge in [-0.15, -0.1) is 0 Å². The third-order valence-electron chi connectivity index (χ3n) is 5.12. The van der Waals surface area contributed by atoms with Crippen LogP contribution >= 0.6 is 23.4 Å². The number of carbonyl (C=O) groups is 1. The molecule has 2 aromatic carbocycles. The van der Waals surface area contributed by atoms with E-state index in [1.54, 1.807) is 22.9 Å². The molecule has 0 aliphatic heterocycles. The van der Waals surface area contributed by atoms with E-state index in [0.717, 1.165) is 18.4 Å². The zero-order valence-electron chi connectivity index (χ0n) is 17.9. The quantitative estimate of drug-likeness (QED) is 0.193. The van der Waals surface area contributed by atoms with Gasteiger partial charge < -0.3 is 10.2 Å². The number of nitrogens with two attached hydrogens (primary N) is 1. The van der Waals surface area contributed by atoms with Gasteiger partial charge in [0.05, 0.1) is 22.9 Å². The van der Waals surface area contributed by atoms with Gasteiger partial charge in [-0.2, -0.15) is 0 Å². The summed E-state index contributed by atoms with van der Waals surface area (Å²) in [7, 11) is 0. The second-order valence-electron chi connectivity index (χ2n) is 7.56. The molecule has 9 heteroatoms. The molecule has 1 amide bonds. The lowest BCUT2D eigenvalue weighted by molar-refractivity contribution is -0.118. The number of hydrogen-bond donors (Lipinski definition) is 1. The lowest BCUT2D eigenvalue weighted by Crippen LogP contribution is -2.23. The molecule has 0 radical (unpaired) electrons. The van der Waals surface area contributed by atoms with Gasteiger partial charge in [-0.1, -0.05) is 54.0 Å². The van der Waals surface area contributed by atoms with Crippen molar-refractivity contribution in [2.75, 3.05) is 0 Å². The van der Waals surface area contributed by atoms with Crippen molar-refractivity contribution in [1.29, 1.82) is 0 Å². The summed E-state index contributed by atoms with van der Waals surface area (Å²) < 4.78 is 7.58.